The number of aromatic carboxylic acids is 1. The van der Waals surface area contributed by atoms with Gasteiger partial charge in [-0.3, -0.25) is 0 Å². The molecular weight excluding hydrogens is 291 g/mol. The Bertz CT molecular complexity index is 508. The third-order valence-corrected chi connectivity index (χ3v) is 1.67. The predicted octanol–water partition coefficient (Wildman–Crippen LogP) is 2.84. The first-order chi connectivity index (χ1) is 8.42. The number of aromatic nitrogens is 1. The zero-order chi connectivity index (χ0) is 15.0. The molecule has 0 bridgehead atoms. The van der Waals surface area contributed by atoms with Crippen molar-refractivity contribution in [2.75, 3.05) is 0 Å². The first-order valence-corrected chi connectivity index (χ1v) is 4.18. The van der Waals surface area contributed by atoms with Crippen LogP contribution in [0.25, 0.3) is 0 Å². The van der Waals surface area contributed by atoms with Gasteiger partial charge >= 0.3 is 18.5 Å². The number of alkyl halides is 6. The lowest BCUT2D eigenvalue weighted by Gasteiger charge is -2.13. The molecule has 1 aromatic rings. The molecule has 0 saturated carbocycles. The predicted molar refractivity (Wildman–Crippen MR) is 42.8 cm³/mol. The van der Waals surface area contributed by atoms with Gasteiger partial charge in [-0.25, -0.2) is 9.78 Å². The van der Waals surface area contributed by atoms with Gasteiger partial charge < -0.3 is 9.84 Å². The van der Waals surface area contributed by atoms with E-state index in [1.807, 2.05) is 0 Å². The summed E-state index contributed by atoms with van der Waals surface area (Å²) >= 11 is 0. The first-order valence-electron chi connectivity index (χ1n) is 4.18. The maximum absolute atomic E-state index is 13.0. The number of carboxylic acid groups (broad SMARTS) is 1. The maximum atomic E-state index is 13.0. The number of carbonyl (C=O) groups is 1. The van der Waals surface area contributed by atoms with Gasteiger partial charge in [-0.05, 0) is 6.07 Å². The van der Waals surface area contributed by atoms with Crippen LogP contribution in [-0.4, -0.2) is 22.4 Å². The monoisotopic (exact) mass is 293 g/mol. The number of carboxylic acids is 1. The lowest BCUT2D eigenvalue weighted by molar-refractivity contribution is -0.275. The highest BCUT2D eigenvalue weighted by molar-refractivity contribution is 5.91. The molecule has 0 saturated heterocycles. The highest BCUT2D eigenvalue weighted by Gasteiger charge is 2.39. The normalized spacial score (nSPS) is 12.4. The molecule has 0 radical (unpaired) electrons. The van der Waals surface area contributed by atoms with Crippen molar-refractivity contribution >= 4 is 5.97 Å². The number of hydrogen-bond donors (Lipinski definition) is 1. The second kappa shape index (κ2) is 4.55. The van der Waals surface area contributed by atoms with Gasteiger partial charge in [0.15, 0.2) is 5.75 Å². The molecule has 0 atom stereocenters. The molecular formula is C8H2F7NO3. The molecule has 1 rings (SSSR count). The average molecular weight is 293 g/mol. The molecule has 11 heteroatoms. The summed E-state index contributed by atoms with van der Waals surface area (Å²) in [5, 5.41) is 8.47. The van der Waals surface area contributed by atoms with E-state index in [1.165, 1.54) is 0 Å². The van der Waals surface area contributed by atoms with Gasteiger partial charge in [0.25, 0.3) is 5.95 Å². The van der Waals surface area contributed by atoms with E-state index < -0.39 is 41.5 Å². The Balaban J connectivity index is 3.44. The fraction of sp³-hybridized carbons (Fsp3) is 0.250. The van der Waals surface area contributed by atoms with Gasteiger partial charge in [0.05, 0.1) is 0 Å². The third kappa shape index (κ3) is 3.69. The van der Waals surface area contributed by atoms with E-state index in [0.29, 0.717) is 0 Å². The number of ether oxygens (including phenoxy) is 1. The van der Waals surface area contributed by atoms with Crippen LogP contribution in [0, 0.1) is 5.95 Å². The summed E-state index contributed by atoms with van der Waals surface area (Å²) in [6, 6.07) is -0.257. The van der Waals surface area contributed by atoms with Crippen LogP contribution in [0.5, 0.6) is 5.75 Å². The van der Waals surface area contributed by atoms with Crippen LogP contribution in [0.3, 0.4) is 0 Å². The molecule has 1 N–H and O–H groups in total. The van der Waals surface area contributed by atoms with Crippen molar-refractivity contribution in [3.63, 3.8) is 0 Å². The Hall–Kier alpha value is -2.07. The SMILES string of the molecule is O=C(O)c1cc(C(F)(F)F)nc(F)c1OC(F)(F)F. The summed E-state index contributed by atoms with van der Waals surface area (Å²) in [5.74, 6) is -6.50. The van der Waals surface area contributed by atoms with Crippen LogP contribution < -0.4 is 4.74 Å². The maximum Gasteiger partial charge on any atom is 0.573 e. The Labute approximate surface area is 99.0 Å². The van der Waals surface area contributed by atoms with Crippen LogP contribution in [0.15, 0.2) is 6.07 Å². The number of nitrogens with zero attached hydrogens (tertiary/aromatic N) is 1. The molecule has 106 valence electrons. The van der Waals surface area contributed by atoms with Crippen molar-refractivity contribution in [1.29, 1.82) is 0 Å². The van der Waals surface area contributed by atoms with E-state index in [-0.39, 0.29) is 6.07 Å². The largest absolute Gasteiger partial charge is 0.573 e. The molecule has 19 heavy (non-hydrogen) atoms. The second-order valence-corrected chi connectivity index (χ2v) is 3.03. The molecule has 0 aromatic carbocycles. The smallest absolute Gasteiger partial charge is 0.478 e. The van der Waals surface area contributed by atoms with Gasteiger partial charge in [-0.15, -0.1) is 13.2 Å². The molecule has 0 aliphatic rings. The van der Waals surface area contributed by atoms with Crippen molar-refractivity contribution < 1.29 is 45.4 Å². The molecule has 0 spiro atoms. The van der Waals surface area contributed by atoms with Crippen LogP contribution in [0.1, 0.15) is 16.1 Å². The summed E-state index contributed by atoms with van der Waals surface area (Å²) < 4.78 is 88.2. The lowest BCUT2D eigenvalue weighted by Crippen LogP contribution is -2.22. The van der Waals surface area contributed by atoms with Crippen LogP contribution in [0.4, 0.5) is 30.7 Å². The molecule has 0 fully saturated rings. The molecule has 0 aliphatic carbocycles. The number of rotatable bonds is 2. The standard InChI is InChI=1S/C8H2F7NO3/c9-5-4(19-8(13,14)15)2(6(17)18)1-3(16-5)7(10,11)12/h1H,(H,17,18). The summed E-state index contributed by atoms with van der Waals surface area (Å²) in [4.78, 5) is 12.7. The van der Waals surface area contributed by atoms with E-state index in [2.05, 4.69) is 9.72 Å². The van der Waals surface area contributed by atoms with Crippen LogP contribution >= 0.6 is 0 Å². The molecule has 0 aliphatic heterocycles. The molecule has 1 heterocycles. The summed E-state index contributed by atoms with van der Waals surface area (Å²) in [7, 11) is 0. The Morgan fingerprint density at radius 1 is 1.21 bits per heavy atom. The molecule has 0 amide bonds. The van der Waals surface area contributed by atoms with Crippen molar-refractivity contribution in [3.8, 4) is 5.75 Å². The highest BCUT2D eigenvalue weighted by Crippen LogP contribution is 2.34. The quantitative estimate of drug-likeness (QED) is 0.673. The van der Waals surface area contributed by atoms with Gasteiger partial charge in [-0.1, -0.05) is 0 Å². The number of hydrogen-bond acceptors (Lipinski definition) is 3. The van der Waals surface area contributed by atoms with Crippen molar-refractivity contribution in [2.45, 2.75) is 12.5 Å². The highest BCUT2D eigenvalue weighted by atomic mass is 19.4. The zero-order valence-corrected chi connectivity index (χ0v) is 8.43. The first kappa shape index (κ1) is 15.0. The average Bonchev–Trinajstić information content (AvgIpc) is 2.16. The van der Waals surface area contributed by atoms with Crippen molar-refractivity contribution in [3.05, 3.63) is 23.3 Å². The fourth-order valence-electron chi connectivity index (χ4n) is 1.02. The topological polar surface area (TPSA) is 59.4 Å². The minimum atomic E-state index is -5.48. The van der Waals surface area contributed by atoms with Gasteiger partial charge in [0.2, 0.25) is 0 Å². The van der Waals surface area contributed by atoms with E-state index in [0.717, 1.165) is 0 Å². The van der Waals surface area contributed by atoms with Gasteiger partial charge in [-0.2, -0.15) is 17.6 Å². The minimum absolute atomic E-state index is 0.257. The minimum Gasteiger partial charge on any atom is -0.478 e. The molecule has 4 nitrogen and oxygen atoms in total. The van der Waals surface area contributed by atoms with E-state index in [1.54, 1.807) is 0 Å². The number of pyridine rings is 1. The van der Waals surface area contributed by atoms with E-state index in [4.69, 9.17) is 5.11 Å². The third-order valence-electron chi connectivity index (χ3n) is 1.67. The summed E-state index contributed by atoms with van der Waals surface area (Å²) in [6.07, 6.45) is -10.7. The Kier molecular flexibility index (Phi) is 3.59. The molecule has 0 unspecified atom stereocenters. The lowest BCUT2D eigenvalue weighted by atomic mass is 10.2. The number of halogens is 7. The summed E-state index contributed by atoms with van der Waals surface area (Å²) in [5.41, 5.74) is -3.63. The Morgan fingerprint density at radius 2 is 1.74 bits per heavy atom. The van der Waals surface area contributed by atoms with Crippen LogP contribution in [0.2, 0.25) is 0 Å². The summed E-state index contributed by atoms with van der Waals surface area (Å²) in [6.45, 7) is 0. The van der Waals surface area contributed by atoms with Crippen molar-refractivity contribution in [2.24, 2.45) is 0 Å². The van der Waals surface area contributed by atoms with E-state index >= 15 is 0 Å². The zero-order valence-electron chi connectivity index (χ0n) is 8.43. The van der Waals surface area contributed by atoms with E-state index in [9.17, 15) is 35.5 Å². The second-order valence-electron chi connectivity index (χ2n) is 3.03. The Morgan fingerprint density at radius 3 is 2.11 bits per heavy atom. The fourth-order valence-corrected chi connectivity index (χ4v) is 1.02. The van der Waals surface area contributed by atoms with Gasteiger partial charge in [0, 0.05) is 0 Å². The van der Waals surface area contributed by atoms with Crippen molar-refractivity contribution in [1.82, 2.24) is 4.98 Å². The van der Waals surface area contributed by atoms with Gasteiger partial charge in [0.1, 0.15) is 11.3 Å². The molecule has 1 aromatic heterocycles. The van der Waals surface area contributed by atoms with Crippen LogP contribution in [-0.2, 0) is 6.18 Å².